The molecule has 0 amide bonds. The molecule has 1 atom stereocenters. The monoisotopic (exact) mass is 374 g/mol. The summed E-state index contributed by atoms with van der Waals surface area (Å²) in [5.74, 6) is -2.69. The van der Waals surface area contributed by atoms with Crippen LogP contribution in [0.25, 0.3) is 0 Å². The van der Waals surface area contributed by atoms with Gasteiger partial charge in [-0.2, -0.15) is 0 Å². The highest BCUT2D eigenvalue weighted by Gasteiger charge is 2.14. The number of carboxylic acid groups (broad SMARTS) is 1. The van der Waals surface area contributed by atoms with Crippen LogP contribution in [0.3, 0.4) is 0 Å². The smallest absolute Gasteiger partial charge is 0.335 e. The number of carboxylic acids is 1. The second-order valence-corrected chi connectivity index (χ2v) is 6.45. The van der Waals surface area contributed by atoms with E-state index in [1.54, 1.807) is 0 Å². The van der Waals surface area contributed by atoms with Crippen LogP contribution in [0.2, 0.25) is 0 Å². The minimum atomic E-state index is -1.70. The highest BCUT2D eigenvalue weighted by atomic mass is 79.9. The molecule has 0 saturated carbocycles. The molecule has 0 aliphatic carbocycles. The van der Waals surface area contributed by atoms with E-state index in [1.165, 1.54) is 18.2 Å². The van der Waals surface area contributed by atoms with Crippen molar-refractivity contribution in [3.8, 4) is 0 Å². The molecule has 0 heterocycles. The summed E-state index contributed by atoms with van der Waals surface area (Å²) in [6.07, 6.45) is 0. The Kier molecular flexibility index (Phi) is 4.84. The molecule has 3 nitrogen and oxygen atoms in total. The van der Waals surface area contributed by atoms with Crippen molar-refractivity contribution in [1.29, 1.82) is 0 Å². The van der Waals surface area contributed by atoms with Crippen molar-refractivity contribution in [2.75, 3.05) is 0 Å². The van der Waals surface area contributed by atoms with Crippen LogP contribution in [0, 0.1) is 11.6 Å². The Morgan fingerprint density at radius 3 is 2.48 bits per heavy atom. The fourth-order valence-corrected chi connectivity index (χ4v) is 3.57. The van der Waals surface area contributed by atoms with Crippen LogP contribution in [0.5, 0.6) is 0 Å². The Morgan fingerprint density at radius 1 is 1.19 bits per heavy atom. The average molecular weight is 375 g/mol. The largest absolute Gasteiger partial charge is 0.478 e. The third-order valence-corrected chi connectivity index (χ3v) is 4.86. The average Bonchev–Trinajstić information content (AvgIpc) is 2.40. The molecule has 2 aromatic rings. The van der Waals surface area contributed by atoms with Gasteiger partial charge in [0.25, 0.3) is 0 Å². The maximum atomic E-state index is 13.6. The van der Waals surface area contributed by atoms with E-state index in [0.717, 1.165) is 12.1 Å². The number of hydrogen-bond donors (Lipinski definition) is 1. The van der Waals surface area contributed by atoms with Crippen molar-refractivity contribution in [2.45, 2.75) is 10.6 Å². The van der Waals surface area contributed by atoms with E-state index in [4.69, 9.17) is 5.11 Å². The SMILES string of the molecule is O=C(O)c1ccc(CS(=O)c2ccc(F)cc2F)c(Br)c1. The highest BCUT2D eigenvalue weighted by Crippen LogP contribution is 2.23. The van der Waals surface area contributed by atoms with Crippen molar-refractivity contribution >= 4 is 32.7 Å². The standard InChI is InChI=1S/C14H9BrF2O3S/c15-11-5-8(14(18)19)1-2-9(11)7-21(20)13-4-3-10(16)6-12(13)17/h1-6H,7H2,(H,18,19). The van der Waals surface area contributed by atoms with E-state index >= 15 is 0 Å². The normalized spacial score (nSPS) is 12.1. The van der Waals surface area contributed by atoms with Gasteiger partial charge < -0.3 is 5.11 Å². The Hall–Kier alpha value is -1.60. The quantitative estimate of drug-likeness (QED) is 0.886. The molecule has 7 heteroatoms. The van der Waals surface area contributed by atoms with Crippen LogP contribution in [0.1, 0.15) is 15.9 Å². The first-order chi connectivity index (χ1) is 9.88. The molecule has 0 fully saturated rings. The topological polar surface area (TPSA) is 54.4 Å². The summed E-state index contributed by atoms with van der Waals surface area (Å²) < 4.78 is 39.0. The van der Waals surface area contributed by atoms with Gasteiger partial charge in [0.1, 0.15) is 11.6 Å². The second-order valence-electron chi connectivity index (χ2n) is 4.18. The predicted octanol–water partition coefficient (Wildman–Crippen LogP) is 3.73. The molecule has 0 radical (unpaired) electrons. The van der Waals surface area contributed by atoms with Crippen molar-refractivity contribution in [3.63, 3.8) is 0 Å². The molecular weight excluding hydrogens is 366 g/mol. The van der Waals surface area contributed by atoms with Gasteiger partial charge in [-0.1, -0.05) is 22.0 Å². The van der Waals surface area contributed by atoms with Gasteiger partial charge in [-0.3, -0.25) is 4.21 Å². The molecule has 21 heavy (non-hydrogen) atoms. The first-order valence-corrected chi connectivity index (χ1v) is 7.85. The Labute approximate surface area is 130 Å². The van der Waals surface area contributed by atoms with Crippen LogP contribution >= 0.6 is 15.9 Å². The fourth-order valence-electron chi connectivity index (χ4n) is 1.68. The lowest BCUT2D eigenvalue weighted by molar-refractivity contribution is 0.0697. The summed E-state index contributed by atoms with van der Waals surface area (Å²) in [6, 6.07) is 7.12. The van der Waals surface area contributed by atoms with E-state index in [0.29, 0.717) is 16.1 Å². The fraction of sp³-hybridized carbons (Fsp3) is 0.0714. The number of benzene rings is 2. The summed E-state index contributed by atoms with van der Waals surface area (Å²) in [6.45, 7) is 0. The van der Waals surface area contributed by atoms with Gasteiger partial charge in [0.2, 0.25) is 0 Å². The lowest BCUT2D eigenvalue weighted by Crippen LogP contribution is -2.02. The van der Waals surface area contributed by atoms with E-state index in [9.17, 15) is 17.8 Å². The van der Waals surface area contributed by atoms with Crippen molar-refractivity contribution in [3.05, 3.63) is 63.6 Å². The summed E-state index contributed by atoms with van der Waals surface area (Å²) in [7, 11) is -1.70. The zero-order valence-electron chi connectivity index (χ0n) is 10.5. The number of rotatable bonds is 4. The molecule has 0 aliphatic rings. The lowest BCUT2D eigenvalue weighted by Gasteiger charge is -2.07. The zero-order valence-corrected chi connectivity index (χ0v) is 12.9. The van der Waals surface area contributed by atoms with Gasteiger partial charge in [0, 0.05) is 10.5 Å². The third kappa shape index (κ3) is 3.74. The molecule has 0 saturated heterocycles. The van der Waals surface area contributed by atoms with E-state index < -0.39 is 28.4 Å². The molecule has 1 unspecified atom stereocenters. The van der Waals surface area contributed by atoms with E-state index in [2.05, 4.69) is 15.9 Å². The van der Waals surface area contributed by atoms with Crippen molar-refractivity contribution in [2.24, 2.45) is 0 Å². The van der Waals surface area contributed by atoms with E-state index in [-0.39, 0.29) is 16.2 Å². The predicted molar refractivity (Wildman–Crippen MR) is 77.6 cm³/mol. The first-order valence-electron chi connectivity index (χ1n) is 5.73. The van der Waals surface area contributed by atoms with Crippen LogP contribution < -0.4 is 0 Å². The van der Waals surface area contributed by atoms with Gasteiger partial charge in [-0.25, -0.2) is 13.6 Å². The minimum absolute atomic E-state index is 0.0109. The molecule has 0 aromatic heterocycles. The second kappa shape index (κ2) is 6.44. The minimum Gasteiger partial charge on any atom is -0.478 e. The molecule has 0 aliphatic heterocycles. The molecule has 110 valence electrons. The lowest BCUT2D eigenvalue weighted by atomic mass is 10.1. The molecule has 0 spiro atoms. The number of hydrogen-bond acceptors (Lipinski definition) is 2. The summed E-state index contributed by atoms with van der Waals surface area (Å²) in [5, 5.41) is 8.86. The number of carbonyl (C=O) groups is 1. The summed E-state index contributed by atoms with van der Waals surface area (Å²) in [5.41, 5.74) is 0.659. The number of aromatic carboxylic acids is 1. The Bertz CT molecular complexity index is 734. The van der Waals surface area contributed by atoms with Crippen LogP contribution in [0.15, 0.2) is 45.8 Å². The van der Waals surface area contributed by atoms with Gasteiger partial charge in [-0.15, -0.1) is 0 Å². The Morgan fingerprint density at radius 2 is 1.90 bits per heavy atom. The van der Waals surface area contributed by atoms with Crippen molar-refractivity contribution < 1.29 is 22.9 Å². The summed E-state index contributed by atoms with van der Waals surface area (Å²) >= 11 is 3.20. The van der Waals surface area contributed by atoms with E-state index in [1.807, 2.05) is 0 Å². The summed E-state index contributed by atoms with van der Waals surface area (Å²) in [4.78, 5) is 10.7. The van der Waals surface area contributed by atoms with Crippen LogP contribution in [-0.2, 0) is 16.6 Å². The number of halogens is 3. The molecule has 1 N–H and O–H groups in total. The molecular formula is C14H9BrF2O3S. The van der Waals surface area contributed by atoms with Gasteiger partial charge in [0.15, 0.2) is 0 Å². The Balaban J connectivity index is 2.25. The molecule has 0 bridgehead atoms. The zero-order chi connectivity index (χ0) is 15.6. The van der Waals surface area contributed by atoms with Crippen molar-refractivity contribution in [1.82, 2.24) is 0 Å². The van der Waals surface area contributed by atoms with Crippen LogP contribution in [0.4, 0.5) is 8.78 Å². The highest BCUT2D eigenvalue weighted by molar-refractivity contribution is 9.10. The first kappa shape index (κ1) is 15.8. The maximum absolute atomic E-state index is 13.6. The van der Waals surface area contributed by atoms with Gasteiger partial charge >= 0.3 is 5.97 Å². The van der Waals surface area contributed by atoms with Crippen LogP contribution in [-0.4, -0.2) is 15.3 Å². The van der Waals surface area contributed by atoms with Gasteiger partial charge in [0.05, 0.1) is 27.0 Å². The third-order valence-electron chi connectivity index (χ3n) is 2.73. The molecule has 2 aromatic carbocycles. The van der Waals surface area contributed by atoms with Gasteiger partial charge in [-0.05, 0) is 29.8 Å². The maximum Gasteiger partial charge on any atom is 0.335 e. The molecule has 2 rings (SSSR count).